The van der Waals surface area contributed by atoms with Crippen LogP contribution in [-0.2, 0) is 11.3 Å². The number of hydrogen-bond donors (Lipinski definition) is 2. The summed E-state index contributed by atoms with van der Waals surface area (Å²) in [5.41, 5.74) is 6.05. The highest BCUT2D eigenvalue weighted by molar-refractivity contribution is 7.80. The Morgan fingerprint density at radius 1 is 1.50 bits per heavy atom. The lowest BCUT2D eigenvalue weighted by Gasteiger charge is -2.44. The molecule has 108 valence electrons. The van der Waals surface area contributed by atoms with Gasteiger partial charge in [0.1, 0.15) is 5.75 Å². The highest BCUT2D eigenvalue weighted by atomic mass is 32.1. The molecule has 1 amide bonds. The molecule has 0 aromatic heterocycles. The Labute approximate surface area is 124 Å². The third-order valence-corrected chi connectivity index (χ3v) is 4.32. The van der Waals surface area contributed by atoms with Gasteiger partial charge in [-0.15, -0.1) is 0 Å². The molecular weight excluding hydrogens is 272 g/mol. The van der Waals surface area contributed by atoms with E-state index in [0.717, 1.165) is 24.2 Å². The second kappa shape index (κ2) is 5.79. The Morgan fingerprint density at radius 2 is 2.15 bits per heavy atom. The maximum absolute atomic E-state index is 12.4. The minimum atomic E-state index is -0.656. The van der Waals surface area contributed by atoms with Crippen molar-refractivity contribution in [3.8, 4) is 5.75 Å². The lowest BCUT2D eigenvalue weighted by atomic mass is 9.62. The van der Waals surface area contributed by atoms with Crippen molar-refractivity contribution in [1.29, 1.82) is 0 Å². The van der Waals surface area contributed by atoms with Gasteiger partial charge in [-0.05, 0) is 24.8 Å². The van der Waals surface area contributed by atoms with Crippen LogP contribution in [0.25, 0.3) is 0 Å². The summed E-state index contributed by atoms with van der Waals surface area (Å²) in [6.45, 7) is 2.52. The fourth-order valence-electron chi connectivity index (χ4n) is 2.82. The average Bonchev–Trinajstić information content (AvgIpc) is 2.40. The van der Waals surface area contributed by atoms with Crippen LogP contribution in [0.15, 0.2) is 24.3 Å². The number of carbonyl (C=O) groups excluding carboxylic acids is 1. The molecule has 1 aliphatic carbocycles. The van der Waals surface area contributed by atoms with Crippen LogP contribution in [0.3, 0.4) is 0 Å². The van der Waals surface area contributed by atoms with E-state index in [1.165, 1.54) is 0 Å². The molecule has 1 saturated carbocycles. The predicted octanol–water partition coefficient (Wildman–Crippen LogP) is 2.01. The summed E-state index contributed by atoms with van der Waals surface area (Å²) < 4.78 is 5.27. The van der Waals surface area contributed by atoms with E-state index in [0.29, 0.717) is 17.5 Å². The molecule has 0 heterocycles. The van der Waals surface area contributed by atoms with E-state index in [9.17, 15) is 4.79 Å². The van der Waals surface area contributed by atoms with Gasteiger partial charge in [0.15, 0.2) is 0 Å². The van der Waals surface area contributed by atoms with Crippen molar-refractivity contribution in [2.45, 2.75) is 26.3 Å². The molecule has 1 aromatic carbocycles. The SMILES string of the molecule is COc1ccccc1CNC(=O)C1(C(N)=S)CC(C)C1. The summed E-state index contributed by atoms with van der Waals surface area (Å²) >= 11 is 5.08. The zero-order valence-corrected chi connectivity index (χ0v) is 12.6. The number of ether oxygens (including phenoxy) is 1. The quantitative estimate of drug-likeness (QED) is 0.815. The highest BCUT2D eigenvalue weighted by Crippen LogP contribution is 2.46. The molecular formula is C15H20N2O2S. The number of hydrogen-bond acceptors (Lipinski definition) is 3. The van der Waals surface area contributed by atoms with Gasteiger partial charge in [-0.3, -0.25) is 4.79 Å². The van der Waals surface area contributed by atoms with Gasteiger partial charge in [0, 0.05) is 12.1 Å². The fourth-order valence-corrected chi connectivity index (χ4v) is 3.08. The van der Waals surface area contributed by atoms with Crippen LogP contribution >= 0.6 is 12.2 Å². The summed E-state index contributed by atoms with van der Waals surface area (Å²) in [4.78, 5) is 12.7. The Kier molecular flexibility index (Phi) is 4.28. The van der Waals surface area contributed by atoms with Crippen molar-refractivity contribution in [3.05, 3.63) is 29.8 Å². The third kappa shape index (κ3) is 2.63. The van der Waals surface area contributed by atoms with Gasteiger partial charge in [0.25, 0.3) is 0 Å². The number of nitrogens with one attached hydrogen (secondary N) is 1. The minimum absolute atomic E-state index is 0.0750. The normalized spacial score (nSPS) is 24.6. The molecule has 0 spiro atoms. The Bertz CT molecular complexity index is 524. The molecule has 1 fully saturated rings. The molecule has 3 N–H and O–H groups in total. The molecule has 20 heavy (non-hydrogen) atoms. The van der Waals surface area contributed by atoms with Crippen LogP contribution in [0.1, 0.15) is 25.3 Å². The van der Waals surface area contributed by atoms with Crippen molar-refractivity contribution in [1.82, 2.24) is 5.32 Å². The Morgan fingerprint density at radius 3 is 2.70 bits per heavy atom. The van der Waals surface area contributed by atoms with Gasteiger partial charge in [-0.1, -0.05) is 37.3 Å². The van der Waals surface area contributed by atoms with Crippen molar-refractivity contribution >= 4 is 23.1 Å². The van der Waals surface area contributed by atoms with Crippen molar-refractivity contribution in [2.24, 2.45) is 17.1 Å². The zero-order valence-electron chi connectivity index (χ0n) is 11.8. The largest absolute Gasteiger partial charge is 0.496 e. The molecule has 4 nitrogen and oxygen atoms in total. The number of amides is 1. The van der Waals surface area contributed by atoms with E-state index in [4.69, 9.17) is 22.7 Å². The molecule has 2 rings (SSSR count). The molecule has 0 aliphatic heterocycles. The van der Waals surface area contributed by atoms with E-state index in [1.807, 2.05) is 24.3 Å². The van der Waals surface area contributed by atoms with Gasteiger partial charge in [0.05, 0.1) is 17.5 Å². The topological polar surface area (TPSA) is 64.3 Å². The molecule has 0 atom stereocenters. The standard InChI is InChI=1S/C15H20N2O2S/c1-10-7-15(8-10,13(16)20)14(18)17-9-11-5-3-4-6-12(11)19-2/h3-6,10H,7-9H2,1-2H3,(H2,16,20)(H,17,18). The second-order valence-electron chi connectivity index (χ2n) is 5.45. The lowest BCUT2D eigenvalue weighted by Crippen LogP contribution is -2.55. The van der Waals surface area contributed by atoms with E-state index in [-0.39, 0.29) is 5.91 Å². The first kappa shape index (κ1) is 14.8. The molecule has 1 aliphatic rings. The number of nitrogens with two attached hydrogens (primary N) is 1. The third-order valence-electron chi connectivity index (χ3n) is 3.93. The van der Waals surface area contributed by atoms with E-state index >= 15 is 0 Å². The van der Waals surface area contributed by atoms with Crippen LogP contribution in [-0.4, -0.2) is 18.0 Å². The number of thiocarbonyl (C=S) groups is 1. The molecule has 5 heteroatoms. The van der Waals surface area contributed by atoms with E-state index in [1.54, 1.807) is 7.11 Å². The van der Waals surface area contributed by atoms with Crippen LogP contribution in [0.2, 0.25) is 0 Å². The molecule has 0 unspecified atom stereocenters. The maximum atomic E-state index is 12.4. The Hall–Kier alpha value is -1.62. The van der Waals surface area contributed by atoms with Crippen LogP contribution in [0.5, 0.6) is 5.75 Å². The van der Waals surface area contributed by atoms with Crippen molar-refractivity contribution in [3.63, 3.8) is 0 Å². The number of carbonyl (C=O) groups is 1. The van der Waals surface area contributed by atoms with Crippen LogP contribution in [0, 0.1) is 11.3 Å². The highest BCUT2D eigenvalue weighted by Gasteiger charge is 2.50. The summed E-state index contributed by atoms with van der Waals surface area (Å²) in [6, 6.07) is 7.61. The van der Waals surface area contributed by atoms with Crippen LogP contribution in [0.4, 0.5) is 0 Å². The van der Waals surface area contributed by atoms with Gasteiger partial charge in [0.2, 0.25) is 5.91 Å². The maximum Gasteiger partial charge on any atom is 0.233 e. The summed E-state index contributed by atoms with van der Waals surface area (Å²) in [5.74, 6) is 1.18. The second-order valence-corrected chi connectivity index (χ2v) is 5.89. The first-order valence-corrected chi connectivity index (χ1v) is 7.10. The molecule has 0 saturated heterocycles. The zero-order chi connectivity index (χ0) is 14.8. The van der Waals surface area contributed by atoms with Crippen LogP contribution < -0.4 is 15.8 Å². The van der Waals surface area contributed by atoms with Gasteiger partial charge in [-0.2, -0.15) is 0 Å². The van der Waals surface area contributed by atoms with Gasteiger partial charge in [-0.25, -0.2) is 0 Å². The fraction of sp³-hybridized carbons (Fsp3) is 0.467. The summed E-state index contributed by atoms with van der Waals surface area (Å²) in [5, 5.41) is 2.93. The van der Waals surface area contributed by atoms with Gasteiger partial charge < -0.3 is 15.8 Å². The molecule has 0 radical (unpaired) electrons. The average molecular weight is 292 g/mol. The van der Waals surface area contributed by atoms with Crippen molar-refractivity contribution in [2.75, 3.05) is 7.11 Å². The van der Waals surface area contributed by atoms with E-state index < -0.39 is 5.41 Å². The van der Waals surface area contributed by atoms with E-state index in [2.05, 4.69) is 12.2 Å². The molecule has 1 aromatic rings. The Balaban J connectivity index is 2.03. The number of methoxy groups -OCH3 is 1. The predicted molar refractivity (Wildman–Crippen MR) is 82.5 cm³/mol. The van der Waals surface area contributed by atoms with Gasteiger partial charge >= 0.3 is 0 Å². The lowest BCUT2D eigenvalue weighted by molar-refractivity contribution is -0.133. The first-order chi connectivity index (χ1) is 9.49. The first-order valence-electron chi connectivity index (χ1n) is 6.69. The smallest absolute Gasteiger partial charge is 0.233 e. The minimum Gasteiger partial charge on any atom is -0.496 e. The number of benzene rings is 1. The summed E-state index contributed by atoms with van der Waals surface area (Å²) in [7, 11) is 1.62. The number of rotatable bonds is 5. The number of para-hydroxylation sites is 1. The molecule has 0 bridgehead atoms. The summed E-state index contributed by atoms with van der Waals surface area (Å²) in [6.07, 6.45) is 1.47. The monoisotopic (exact) mass is 292 g/mol. The van der Waals surface area contributed by atoms with Crippen molar-refractivity contribution < 1.29 is 9.53 Å².